The van der Waals surface area contributed by atoms with Gasteiger partial charge in [0.15, 0.2) is 0 Å². The molecular formula is C15H24N4O. The van der Waals surface area contributed by atoms with Crippen molar-refractivity contribution in [2.45, 2.75) is 51.6 Å². The van der Waals surface area contributed by atoms with Crippen LogP contribution in [-0.4, -0.2) is 41.7 Å². The summed E-state index contributed by atoms with van der Waals surface area (Å²) in [7, 11) is 0. The molecule has 1 aromatic rings. The first-order valence-corrected chi connectivity index (χ1v) is 7.76. The van der Waals surface area contributed by atoms with E-state index in [0.717, 1.165) is 24.7 Å². The summed E-state index contributed by atoms with van der Waals surface area (Å²) in [4.78, 5) is 11.4. The highest BCUT2D eigenvalue weighted by Gasteiger charge is 2.34. The third-order valence-corrected chi connectivity index (χ3v) is 4.25. The van der Waals surface area contributed by atoms with Gasteiger partial charge in [-0.15, -0.1) is 0 Å². The highest BCUT2D eigenvalue weighted by molar-refractivity contribution is 5.44. The lowest BCUT2D eigenvalue weighted by atomic mass is 10.0. The molecule has 0 aromatic carbocycles. The zero-order valence-electron chi connectivity index (χ0n) is 12.4. The van der Waals surface area contributed by atoms with Crippen molar-refractivity contribution >= 4 is 5.82 Å². The van der Waals surface area contributed by atoms with Gasteiger partial charge in [0.2, 0.25) is 5.88 Å². The zero-order chi connectivity index (χ0) is 13.9. The smallest absolute Gasteiger partial charge is 0.218 e. The lowest BCUT2D eigenvalue weighted by Gasteiger charge is -2.30. The number of aryl methyl sites for hydroxylation is 1. The minimum atomic E-state index is 0.571. The van der Waals surface area contributed by atoms with Crippen molar-refractivity contribution in [1.82, 2.24) is 15.3 Å². The van der Waals surface area contributed by atoms with Gasteiger partial charge in [-0.2, -0.15) is 4.98 Å². The minimum Gasteiger partial charge on any atom is -0.478 e. The van der Waals surface area contributed by atoms with Crippen molar-refractivity contribution in [2.24, 2.45) is 0 Å². The number of nitrogens with zero attached hydrogens (tertiary/aromatic N) is 3. The maximum Gasteiger partial charge on any atom is 0.218 e. The molecule has 110 valence electrons. The second-order valence-corrected chi connectivity index (χ2v) is 5.65. The first kappa shape index (κ1) is 13.6. The van der Waals surface area contributed by atoms with Crippen LogP contribution in [0.4, 0.5) is 5.82 Å². The number of rotatable bonds is 4. The number of anilines is 1. The molecule has 5 heteroatoms. The predicted molar refractivity (Wildman–Crippen MR) is 79.3 cm³/mol. The van der Waals surface area contributed by atoms with E-state index in [4.69, 9.17) is 4.74 Å². The lowest BCUT2D eigenvalue weighted by molar-refractivity contribution is 0.325. The normalized spacial score (nSPS) is 26.2. The summed E-state index contributed by atoms with van der Waals surface area (Å²) in [6, 6.07) is 3.17. The number of hydrogen-bond acceptors (Lipinski definition) is 5. The molecule has 0 spiro atoms. The van der Waals surface area contributed by atoms with Crippen LogP contribution < -0.4 is 15.0 Å². The van der Waals surface area contributed by atoms with Gasteiger partial charge < -0.3 is 15.0 Å². The lowest BCUT2D eigenvalue weighted by Crippen LogP contribution is -2.44. The molecule has 2 atom stereocenters. The van der Waals surface area contributed by atoms with Gasteiger partial charge in [0.1, 0.15) is 11.6 Å². The van der Waals surface area contributed by atoms with Crippen LogP contribution in [0.15, 0.2) is 6.07 Å². The van der Waals surface area contributed by atoms with Crippen LogP contribution >= 0.6 is 0 Å². The average molecular weight is 276 g/mol. The van der Waals surface area contributed by atoms with Gasteiger partial charge in [0.05, 0.1) is 6.61 Å². The van der Waals surface area contributed by atoms with E-state index in [1.165, 1.54) is 25.7 Å². The first-order valence-electron chi connectivity index (χ1n) is 7.76. The van der Waals surface area contributed by atoms with Crippen molar-refractivity contribution in [3.8, 4) is 5.88 Å². The van der Waals surface area contributed by atoms with Crippen LogP contribution in [-0.2, 0) is 0 Å². The SMILES string of the molecule is CCOc1cc(N2CCCC2C2CCCN2)nc(C)n1. The Balaban J connectivity index is 1.83. The largest absolute Gasteiger partial charge is 0.478 e. The topological polar surface area (TPSA) is 50.3 Å². The minimum absolute atomic E-state index is 0.571. The molecule has 0 aliphatic carbocycles. The molecule has 1 aromatic heterocycles. The molecule has 2 aliphatic rings. The van der Waals surface area contributed by atoms with Crippen molar-refractivity contribution < 1.29 is 4.74 Å². The van der Waals surface area contributed by atoms with E-state index in [-0.39, 0.29) is 0 Å². The molecule has 2 saturated heterocycles. The molecule has 0 radical (unpaired) electrons. The van der Waals surface area contributed by atoms with Crippen molar-refractivity contribution in [2.75, 3.05) is 24.6 Å². The van der Waals surface area contributed by atoms with Crippen LogP contribution in [0, 0.1) is 6.92 Å². The van der Waals surface area contributed by atoms with Crippen LogP contribution in [0.3, 0.4) is 0 Å². The summed E-state index contributed by atoms with van der Waals surface area (Å²) in [6.07, 6.45) is 5.08. The molecule has 3 heterocycles. The fourth-order valence-electron chi connectivity index (χ4n) is 3.43. The Hall–Kier alpha value is -1.36. The first-order chi connectivity index (χ1) is 9.78. The van der Waals surface area contributed by atoms with E-state index < -0.39 is 0 Å². The van der Waals surface area contributed by atoms with E-state index >= 15 is 0 Å². The molecule has 1 N–H and O–H groups in total. The van der Waals surface area contributed by atoms with E-state index in [9.17, 15) is 0 Å². The molecule has 0 saturated carbocycles. The molecule has 2 fully saturated rings. The summed E-state index contributed by atoms with van der Waals surface area (Å²) < 4.78 is 5.55. The third kappa shape index (κ3) is 2.73. The van der Waals surface area contributed by atoms with Gasteiger partial charge in [-0.1, -0.05) is 0 Å². The molecule has 5 nitrogen and oxygen atoms in total. The maximum absolute atomic E-state index is 5.55. The highest BCUT2D eigenvalue weighted by Crippen LogP contribution is 2.30. The predicted octanol–water partition coefficient (Wildman–Crippen LogP) is 1.90. The molecule has 0 amide bonds. The second kappa shape index (κ2) is 5.95. The molecule has 2 unspecified atom stereocenters. The van der Waals surface area contributed by atoms with Gasteiger partial charge in [-0.25, -0.2) is 4.98 Å². The second-order valence-electron chi connectivity index (χ2n) is 5.65. The van der Waals surface area contributed by atoms with E-state index in [1.54, 1.807) is 0 Å². The van der Waals surface area contributed by atoms with E-state index in [1.807, 2.05) is 19.9 Å². The number of ether oxygens (including phenoxy) is 1. The molecule has 2 aliphatic heterocycles. The Kier molecular flexibility index (Phi) is 4.05. The maximum atomic E-state index is 5.55. The third-order valence-electron chi connectivity index (χ3n) is 4.25. The van der Waals surface area contributed by atoms with Gasteiger partial charge in [-0.05, 0) is 46.1 Å². The number of nitrogens with one attached hydrogen (secondary N) is 1. The number of aromatic nitrogens is 2. The van der Waals surface area contributed by atoms with Gasteiger partial charge in [-0.3, -0.25) is 0 Å². The van der Waals surface area contributed by atoms with Gasteiger partial charge in [0, 0.05) is 24.7 Å². The van der Waals surface area contributed by atoms with Crippen LogP contribution in [0.2, 0.25) is 0 Å². The summed E-state index contributed by atoms with van der Waals surface area (Å²) in [5.41, 5.74) is 0. The van der Waals surface area contributed by atoms with Crippen molar-refractivity contribution in [1.29, 1.82) is 0 Å². The van der Waals surface area contributed by atoms with Gasteiger partial charge >= 0.3 is 0 Å². The summed E-state index contributed by atoms with van der Waals surface area (Å²) >= 11 is 0. The Labute approximate surface area is 120 Å². The molecule has 0 bridgehead atoms. The monoisotopic (exact) mass is 276 g/mol. The van der Waals surface area contributed by atoms with E-state index in [2.05, 4.69) is 20.2 Å². The molecule has 3 rings (SSSR count). The van der Waals surface area contributed by atoms with Crippen LogP contribution in [0.1, 0.15) is 38.4 Å². The Bertz CT molecular complexity index is 459. The standard InChI is InChI=1S/C15H24N4O/c1-3-20-15-10-14(17-11(2)18-15)19-9-5-7-13(19)12-6-4-8-16-12/h10,12-13,16H,3-9H2,1-2H3. The van der Waals surface area contributed by atoms with Crippen molar-refractivity contribution in [3.05, 3.63) is 11.9 Å². The van der Waals surface area contributed by atoms with Crippen molar-refractivity contribution in [3.63, 3.8) is 0 Å². The molecule has 20 heavy (non-hydrogen) atoms. The summed E-state index contributed by atoms with van der Waals surface area (Å²) in [5.74, 6) is 2.51. The number of hydrogen-bond donors (Lipinski definition) is 1. The molecular weight excluding hydrogens is 252 g/mol. The Morgan fingerprint density at radius 3 is 3.00 bits per heavy atom. The quantitative estimate of drug-likeness (QED) is 0.910. The van der Waals surface area contributed by atoms with Crippen LogP contribution in [0.5, 0.6) is 5.88 Å². The van der Waals surface area contributed by atoms with Crippen LogP contribution in [0.25, 0.3) is 0 Å². The average Bonchev–Trinajstić information content (AvgIpc) is 3.09. The van der Waals surface area contributed by atoms with Gasteiger partial charge in [0.25, 0.3) is 0 Å². The highest BCUT2D eigenvalue weighted by atomic mass is 16.5. The fourth-order valence-corrected chi connectivity index (χ4v) is 3.43. The zero-order valence-corrected chi connectivity index (χ0v) is 12.4. The summed E-state index contributed by atoms with van der Waals surface area (Å²) in [5, 5.41) is 3.64. The fraction of sp³-hybridized carbons (Fsp3) is 0.733. The van der Waals surface area contributed by atoms with E-state index in [0.29, 0.717) is 24.6 Å². The Morgan fingerprint density at radius 2 is 2.25 bits per heavy atom. The Morgan fingerprint density at radius 1 is 1.35 bits per heavy atom. The summed E-state index contributed by atoms with van der Waals surface area (Å²) in [6.45, 7) is 6.81.